The summed E-state index contributed by atoms with van der Waals surface area (Å²) in [7, 11) is 0. The van der Waals surface area contributed by atoms with Gasteiger partial charge >= 0.3 is 6.09 Å². The third-order valence-corrected chi connectivity index (χ3v) is 5.24. The van der Waals surface area contributed by atoms with Gasteiger partial charge in [-0.3, -0.25) is 14.4 Å². The van der Waals surface area contributed by atoms with Crippen molar-refractivity contribution in [1.82, 2.24) is 9.78 Å². The summed E-state index contributed by atoms with van der Waals surface area (Å²) in [5, 5.41) is 4.44. The highest BCUT2D eigenvalue weighted by atomic mass is 16.6. The fraction of sp³-hybridized carbons (Fsp3) is 0.476. The third kappa shape index (κ3) is 3.60. The molecule has 1 aromatic carbocycles. The lowest BCUT2D eigenvalue weighted by molar-refractivity contribution is -0.117. The number of amides is 2. The van der Waals surface area contributed by atoms with Crippen LogP contribution in [-0.4, -0.2) is 53.7 Å². The molecule has 1 saturated heterocycles. The zero-order valence-electron chi connectivity index (χ0n) is 17.2. The van der Waals surface area contributed by atoms with Gasteiger partial charge in [0.1, 0.15) is 0 Å². The van der Waals surface area contributed by atoms with Crippen molar-refractivity contribution >= 4 is 23.4 Å². The van der Waals surface area contributed by atoms with E-state index in [1.807, 2.05) is 56.0 Å². The third-order valence-electron chi connectivity index (χ3n) is 5.24. The Balaban J connectivity index is 1.73. The minimum absolute atomic E-state index is 0.0545. The molecule has 2 aliphatic heterocycles. The number of carbonyl (C=O) groups excluding carboxylic acids is 2. The van der Waals surface area contributed by atoms with E-state index in [9.17, 15) is 9.59 Å². The van der Waals surface area contributed by atoms with Crippen molar-refractivity contribution in [2.45, 2.75) is 45.9 Å². The molecule has 154 valence electrons. The smallest absolute Gasteiger partial charge is 0.414 e. The molecule has 8 nitrogen and oxygen atoms in total. The van der Waals surface area contributed by atoms with Crippen molar-refractivity contribution in [3.63, 3.8) is 0 Å². The molecule has 0 spiro atoms. The molecule has 0 aliphatic carbocycles. The predicted molar refractivity (Wildman–Crippen MR) is 109 cm³/mol. The zero-order valence-corrected chi connectivity index (χ0v) is 17.2. The van der Waals surface area contributed by atoms with Crippen LogP contribution in [0.5, 0.6) is 0 Å². The highest BCUT2D eigenvalue weighted by molar-refractivity contribution is 6.03. The molecule has 1 aromatic heterocycles. The van der Waals surface area contributed by atoms with E-state index in [2.05, 4.69) is 5.10 Å². The molecule has 0 radical (unpaired) electrons. The Morgan fingerprint density at radius 2 is 1.97 bits per heavy atom. The number of aromatic nitrogens is 2. The van der Waals surface area contributed by atoms with Gasteiger partial charge in [-0.15, -0.1) is 0 Å². The second-order valence-corrected chi connectivity index (χ2v) is 7.88. The molecular formula is C21H26N4O4. The van der Waals surface area contributed by atoms with Crippen molar-refractivity contribution in [3.05, 3.63) is 30.6 Å². The highest BCUT2D eigenvalue weighted by Gasteiger charge is 2.35. The molecule has 1 atom stereocenters. The standard InChI is InChI=1S/C21H26N4O4/c1-13(2)29-21(27)23-9-14(3)25(15(4)26)19-6-5-16(7-20(19)23)17-8-22-24(10-17)18-11-28-12-18/h5-8,10,13-14,18H,9,11-12H2,1-4H3/t14-/m0/s1. The van der Waals surface area contributed by atoms with Crippen LogP contribution in [0.2, 0.25) is 0 Å². The van der Waals surface area contributed by atoms with Crippen LogP contribution in [0.15, 0.2) is 30.6 Å². The quantitative estimate of drug-likeness (QED) is 0.793. The topological polar surface area (TPSA) is 76.9 Å². The van der Waals surface area contributed by atoms with Gasteiger partial charge in [0.15, 0.2) is 0 Å². The molecule has 0 N–H and O–H groups in total. The average molecular weight is 398 g/mol. The summed E-state index contributed by atoms with van der Waals surface area (Å²) < 4.78 is 12.6. The number of benzene rings is 1. The first-order chi connectivity index (χ1) is 13.8. The van der Waals surface area contributed by atoms with Crippen LogP contribution >= 0.6 is 0 Å². The molecule has 2 aliphatic rings. The van der Waals surface area contributed by atoms with Crippen LogP contribution in [0.1, 0.15) is 33.7 Å². The Morgan fingerprint density at radius 3 is 2.59 bits per heavy atom. The molecular weight excluding hydrogens is 372 g/mol. The Labute approximate surface area is 170 Å². The van der Waals surface area contributed by atoms with Gasteiger partial charge in [-0.1, -0.05) is 6.07 Å². The number of rotatable bonds is 3. The van der Waals surface area contributed by atoms with Crippen LogP contribution in [0, 0.1) is 0 Å². The van der Waals surface area contributed by atoms with E-state index in [1.165, 1.54) is 0 Å². The summed E-state index contributed by atoms with van der Waals surface area (Å²) in [6.45, 7) is 8.84. The fourth-order valence-electron chi connectivity index (χ4n) is 3.79. The Hall–Kier alpha value is -2.87. The van der Waals surface area contributed by atoms with Gasteiger partial charge in [0, 0.05) is 25.2 Å². The number of carbonyl (C=O) groups is 2. The average Bonchev–Trinajstić information content (AvgIpc) is 3.07. The van der Waals surface area contributed by atoms with Gasteiger partial charge in [-0.2, -0.15) is 5.10 Å². The second-order valence-electron chi connectivity index (χ2n) is 7.88. The van der Waals surface area contributed by atoms with Gasteiger partial charge < -0.3 is 14.4 Å². The first-order valence-electron chi connectivity index (χ1n) is 9.89. The lowest BCUT2D eigenvalue weighted by atomic mass is 10.0. The first kappa shape index (κ1) is 19.4. The molecule has 1 fully saturated rings. The summed E-state index contributed by atoms with van der Waals surface area (Å²) in [6.07, 6.45) is 3.17. The first-order valence-corrected chi connectivity index (χ1v) is 9.89. The zero-order chi connectivity index (χ0) is 20.7. The van der Waals surface area contributed by atoms with Crippen LogP contribution in [0.4, 0.5) is 16.2 Å². The van der Waals surface area contributed by atoms with E-state index in [0.29, 0.717) is 31.1 Å². The number of hydrogen-bond donors (Lipinski definition) is 0. The van der Waals surface area contributed by atoms with Gasteiger partial charge in [0.2, 0.25) is 5.91 Å². The van der Waals surface area contributed by atoms with Crippen molar-refractivity contribution in [3.8, 4) is 11.1 Å². The van der Waals surface area contributed by atoms with Crippen LogP contribution in [-0.2, 0) is 14.3 Å². The van der Waals surface area contributed by atoms with E-state index >= 15 is 0 Å². The van der Waals surface area contributed by atoms with E-state index in [0.717, 1.165) is 11.1 Å². The largest absolute Gasteiger partial charge is 0.446 e. The molecule has 2 amide bonds. The molecule has 0 saturated carbocycles. The van der Waals surface area contributed by atoms with Crippen LogP contribution < -0.4 is 9.80 Å². The Morgan fingerprint density at radius 1 is 1.21 bits per heavy atom. The Bertz CT molecular complexity index is 935. The molecule has 4 rings (SSSR count). The van der Waals surface area contributed by atoms with Crippen molar-refractivity contribution < 1.29 is 19.1 Å². The molecule has 8 heteroatoms. The molecule has 0 unspecified atom stereocenters. The number of hydrogen-bond acceptors (Lipinski definition) is 5. The lowest BCUT2D eigenvalue weighted by Crippen LogP contribution is -2.51. The van der Waals surface area contributed by atoms with Gasteiger partial charge in [0.05, 0.1) is 49.0 Å². The highest BCUT2D eigenvalue weighted by Crippen LogP contribution is 2.39. The van der Waals surface area contributed by atoms with Gasteiger partial charge in [-0.25, -0.2) is 4.79 Å². The van der Waals surface area contributed by atoms with Crippen molar-refractivity contribution in [2.75, 3.05) is 29.6 Å². The maximum absolute atomic E-state index is 12.8. The fourth-order valence-corrected chi connectivity index (χ4v) is 3.79. The van der Waals surface area contributed by atoms with Gasteiger partial charge in [-0.05, 0) is 38.5 Å². The van der Waals surface area contributed by atoms with Crippen molar-refractivity contribution in [1.29, 1.82) is 0 Å². The molecule has 29 heavy (non-hydrogen) atoms. The summed E-state index contributed by atoms with van der Waals surface area (Å²) in [5.41, 5.74) is 3.25. The number of nitrogens with zero attached hydrogens (tertiary/aromatic N) is 4. The second kappa shape index (κ2) is 7.51. The van der Waals surface area contributed by atoms with Crippen LogP contribution in [0.25, 0.3) is 11.1 Å². The molecule has 0 bridgehead atoms. The molecule has 2 aromatic rings. The number of ether oxygens (including phenoxy) is 2. The SMILES string of the molecule is CC(=O)N1c2ccc(-c3cnn(C4COC4)c3)cc2N(C(=O)OC(C)C)C[C@@H]1C. The van der Waals surface area contributed by atoms with Gasteiger partial charge in [0.25, 0.3) is 0 Å². The number of anilines is 2. The summed E-state index contributed by atoms with van der Waals surface area (Å²) in [5.74, 6) is -0.0545. The van der Waals surface area contributed by atoms with E-state index in [1.54, 1.807) is 16.7 Å². The summed E-state index contributed by atoms with van der Waals surface area (Å²) in [4.78, 5) is 28.4. The minimum atomic E-state index is -0.407. The predicted octanol–water partition coefficient (Wildman–Crippen LogP) is 3.23. The Kier molecular flexibility index (Phi) is 5.04. The summed E-state index contributed by atoms with van der Waals surface area (Å²) in [6, 6.07) is 5.90. The maximum Gasteiger partial charge on any atom is 0.414 e. The minimum Gasteiger partial charge on any atom is -0.446 e. The van der Waals surface area contributed by atoms with E-state index in [-0.39, 0.29) is 24.1 Å². The number of fused-ring (bicyclic) bond motifs is 1. The normalized spacial score (nSPS) is 19.1. The monoisotopic (exact) mass is 398 g/mol. The maximum atomic E-state index is 12.8. The molecule has 3 heterocycles. The van der Waals surface area contributed by atoms with E-state index in [4.69, 9.17) is 9.47 Å². The van der Waals surface area contributed by atoms with E-state index < -0.39 is 6.09 Å². The summed E-state index contributed by atoms with van der Waals surface area (Å²) >= 11 is 0. The van der Waals surface area contributed by atoms with Crippen LogP contribution in [0.3, 0.4) is 0 Å². The van der Waals surface area contributed by atoms with Crippen molar-refractivity contribution in [2.24, 2.45) is 0 Å². The lowest BCUT2D eigenvalue weighted by Gasteiger charge is -2.40.